The number of fused-ring (bicyclic) bond motifs is 7. The molecule has 0 saturated heterocycles. The van der Waals surface area contributed by atoms with Gasteiger partial charge in [-0.05, 0) is 66.9 Å². The Hall–Kier alpha value is -2.74. The van der Waals surface area contributed by atoms with Crippen molar-refractivity contribution in [2.75, 3.05) is 17.5 Å². The third-order valence-electron chi connectivity index (χ3n) is 7.29. The minimum atomic E-state index is -3.94. The number of rotatable bonds is 4. The van der Waals surface area contributed by atoms with Crippen molar-refractivity contribution >= 4 is 50.6 Å². The predicted octanol–water partition coefficient (Wildman–Crippen LogP) is 6.06. The number of thioether (sulfide) groups is 1. The molecule has 3 aliphatic rings. The molecule has 0 saturated carbocycles. The topological polar surface area (TPSA) is 63.7 Å². The molecule has 0 aromatic heterocycles. The van der Waals surface area contributed by atoms with Crippen molar-refractivity contribution in [3.05, 3.63) is 94.5 Å². The first kappa shape index (κ1) is 23.6. The van der Waals surface area contributed by atoms with Gasteiger partial charge in [0.2, 0.25) is 0 Å². The third-order valence-corrected chi connectivity index (χ3v) is 10.7. The first-order valence-corrected chi connectivity index (χ1v) is 14.5. The largest absolute Gasteiger partial charge is 0.465 e. The lowest BCUT2D eigenvalue weighted by Crippen LogP contribution is -2.52. The van der Waals surface area contributed by atoms with E-state index in [4.69, 9.17) is 16.3 Å². The number of nitrogens with zero attached hydrogens (tertiary/aromatic N) is 1. The van der Waals surface area contributed by atoms with E-state index in [1.165, 1.54) is 4.31 Å². The number of esters is 1. The van der Waals surface area contributed by atoms with Crippen molar-refractivity contribution in [1.29, 1.82) is 0 Å². The standard InChI is InChI=1S/C28H24ClNO4S2/c1-3-34-27(31)28-15-22-21-14-18(29)10-13-24(21)35-26(22)25(28)20-6-4-5-7-23(20)30(16-28)36(32,33)19-11-8-17(2)9-12-19/h4-15,25-26H,3,16H2,1-2H3/t25-,26+,28+/m0/s1. The minimum absolute atomic E-state index is 0.0276. The minimum Gasteiger partial charge on any atom is -0.465 e. The number of carbonyl (C=O) groups is 1. The summed E-state index contributed by atoms with van der Waals surface area (Å²) in [5.41, 5.74) is 3.26. The maximum atomic E-state index is 14.0. The van der Waals surface area contributed by atoms with E-state index in [1.54, 1.807) is 43.0 Å². The molecule has 184 valence electrons. The molecular formula is C28H24ClNO4S2. The molecule has 5 nitrogen and oxygen atoms in total. The highest BCUT2D eigenvalue weighted by Gasteiger charge is 2.61. The zero-order chi connectivity index (χ0) is 25.2. The molecule has 6 rings (SSSR count). The average Bonchev–Trinajstić information content (AvgIpc) is 3.37. The lowest BCUT2D eigenvalue weighted by molar-refractivity contribution is -0.152. The molecule has 2 aliphatic heterocycles. The third kappa shape index (κ3) is 3.36. The molecule has 0 fully saturated rings. The molecule has 0 N–H and O–H groups in total. The molecule has 36 heavy (non-hydrogen) atoms. The number of benzene rings is 3. The van der Waals surface area contributed by atoms with Gasteiger partial charge in [0.25, 0.3) is 10.0 Å². The number of aryl methyl sites for hydroxylation is 1. The zero-order valence-corrected chi connectivity index (χ0v) is 22.2. The molecule has 0 unspecified atom stereocenters. The van der Waals surface area contributed by atoms with Crippen LogP contribution in [0.1, 0.15) is 29.5 Å². The Bertz CT molecular complexity index is 1530. The summed E-state index contributed by atoms with van der Waals surface area (Å²) in [6, 6.07) is 20.1. The number of hydrogen-bond acceptors (Lipinski definition) is 5. The van der Waals surface area contributed by atoms with E-state index < -0.39 is 21.4 Å². The highest BCUT2D eigenvalue weighted by atomic mass is 35.5. The van der Waals surface area contributed by atoms with Crippen LogP contribution in [-0.4, -0.2) is 32.8 Å². The maximum absolute atomic E-state index is 14.0. The van der Waals surface area contributed by atoms with Crippen molar-refractivity contribution in [2.24, 2.45) is 5.41 Å². The molecule has 1 aliphatic carbocycles. The van der Waals surface area contributed by atoms with Crippen molar-refractivity contribution in [2.45, 2.75) is 34.8 Å². The second kappa shape index (κ2) is 8.40. The zero-order valence-electron chi connectivity index (χ0n) is 19.8. The van der Waals surface area contributed by atoms with Crippen LogP contribution in [0.4, 0.5) is 5.69 Å². The van der Waals surface area contributed by atoms with E-state index in [0.29, 0.717) is 10.7 Å². The van der Waals surface area contributed by atoms with Gasteiger partial charge in [-0.3, -0.25) is 9.10 Å². The molecular weight excluding hydrogens is 514 g/mol. The Morgan fingerprint density at radius 3 is 2.64 bits per heavy atom. The van der Waals surface area contributed by atoms with Crippen LogP contribution in [-0.2, 0) is 19.6 Å². The van der Waals surface area contributed by atoms with Crippen molar-refractivity contribution < 1.29 is 17.9 Å². The Balaban J connectivity index is 1.57. The summed E-state index contributed by atoms with van der Waals surface area (Å²) in [7, 11) is -3.94. The van der Waals surface area contributed by atoms with Gasteiger partial charge >= 0.3 is 5.97 Å². The van der Waals surface area contributed by atoms with Gasteiger partial charge in [0.1, 0.15) is 5.41 Å². The Morgan fingerprint density at radius 2 is 1.89 bits per heavy atom. The number of anilines is 1. The van der Waals surface area contributed by atoms with Gasteiger partial charge in [0.15, 0.2) is 0 Å². The van der Waals surface area contributed by atoms with E-state index in [0.717, 1.165) is 27.2 Å². The Labute approximate surface area is 220 Å². The number of para-hydroxylation sites is 1. The van der Waals surface area contributed by atoms with Gasteiger partial charge in [-0.15, -0.1) is 11.8 Å². The van der Waals surface area contributed by atoms with Crippen molar-refractivity contribution in [1.82, 2.24) is 0 Å². The highest BCUT2D eigenvalue weighted by molar-refractivity contribution is 8.01. The highest BCUT2D eigenvalue weighted by Crippen LogP contribution is 2.65. The second-order valence-corrected chi connectivity index (χ2v) is 12.9. The SMILES string of the molecule is CCOC(=O)[C@@]12C=C3c4cc(Cl)ccc4S[C@H]3[C@@H]1c1ccccc1N(S(=O)(=O)c1ccc(C)cc1)C2. The fourth-order valence-corrected chi connectivity index (χ4v) is 8.97. The second-order valence-electron chi connectivity index (χ2n) is 9.40. The maximum Gasteiger partial charge on any atom is 0.318 e. The first-order chi connectivity index (χ1) is 17.3. The van der Waals surface area contributed by atoms with E-state index in [9.17, 15) is 13.2 Å². The van der Waals surface area contributed by atoms with Crippen LogP contribution < -0.4 is 4.31 Å². The Kier molecular flexibility index (Phi) is 5.52. The predicted molar refractivity (Wildman–Crippen MR) is 143 cm³/mol. The smallest absolute Gasteiger partial charge is 0.318 e. The van der Waals surface area contributed by atoms with Crippen LogP contribution in [0, 0.1) is 12.3 Å². The Morgan fingerprint density at radius 1 is 1.14 bits per heavy atom. The van der Waals surface area contributed by atoms with Crippen LogP contribution in [0.25, 0.3) is 5.57 Å². The van der Waals surface area contributed by atoms with Gasteiger partial charge in [-0.2, -0.15) is 0 Å². The first-order valence-electron chi connectivity index (χ1n) is 11.8. The summed E-state index contributed by atoms with van der Waals surface area (Å²) >= 11 is 8.04. The fraction of sp³-hybridized carbons (Fsp3) is 0.250. The van der Waals surface area contributed by atoms with E-state index in [2.05, 4.69) is 0 Å². The molecule has 0 radical (unpaired) electrons. The molecule has 3 aromatic rings. The molecule has 0 spiro atoms. The average molecular weight is 538 g/mol. The van der Waals surface area contributed by atoms with Crippen LogP contribution in [0.3, 0.4) is 0 Å². The van der Waals surface area contributed by atoms with E-state index >= 15 is 0 Å². The number of carbonyl (C=O) groups excluding carboxylic acids is 1. The van der Waals surface area contributed by atoms with E-state index in [-0.39, 0.29) is 29.2 Å². The summed E-state index contributed by atoms with van der Waals surface area (Å²) < 4.78 is 35.0. The monoisotopic (exact) mass is 537 g/mol. The summed E-state index contributed by atoms with van der Waals surface area (Å²) in [6.45, 7) is 3.87. The number of hydrogen-bond donors (Lipinski definition) is 0. The fourth-order valence-electron chi connectivity index (χ4n) is 5.68. The van der Waals surface area contributed by atoms with Crippen LogP contribution in [0.2, 0.25) is 5.02 Å². The number of ether oxygens (including phenoxy) is 1. The molecule has 8 heteroatoms. The number of sulfonamides is 1. The summed E-state index contributed by atoms with van der Waals surface area (Å²) in [5.74, 6) is -0.678. The lowest BCUT2D eigenvalue weighted by atomic mass is 9.71. The molecule has 3 aromatic carbocycles. The van der Waals surface area contributed by atoms with E-state index in [1.807, 2.05) is 55.5 Å². The summed E-state index contributed by atoms with van der Waals surface area (Å²) in [4.78, 5) is 15.1. The van der Waals surface area contributed by atoms with Gasteiger partial charge < -0.3 is 4.74 Å². The van der Waals surface area contributed by atoms with Gasteiger partial charge in [-0.1, -0.05) is 53.6 Å². The summed E-state index contributed by atoms with van der Waals surface area (Å²) in [6.07, 6.45) is 1.96. The van der Waals surface area contributed by atoms with Crippen LogP contribution >= 0.6 is 23.4 Å². The van der Waals surface area contributed by atoms with Crippen molar-refractivity contribution in [3.8, 4) is 0 Å². The summed E-state index contributed by atoms with van der Waals surface area (Å²) in [5, 5.41) is 0.577. The van der Waals surface area contributed by atoms with Crippen LogP contribution in [0.15, 0.2) is 82.6 Å². The molecule has 2 heterocycles. The molecule has 0 bridgehead atoms. The van der Waals surface area contributed by atoms with Crippen molar-refractivity contribution in [3.63, 3.8) is 0 Å². The van der Waals surface area contributed by atoms with Gasteiger partial charge in [-0.25, -0.2) is 8.42 Å². The van der Waals surface area contributed by atoms with Crippen LogP contribution in [0.5, 0.6) is 0 Å². The normalized spacial score (nSPS) is 23.9. The van der Waals surface area contributed by atoms with Gasteiger partial charge in [0, 0.05) is 21.1 Å². The molecule has 0 amide bonds. The molecule has 3 atom stereocenters. The quantitative estimate of drug-likeness (QED) is 0.378. The van der Waals surface area contributed by atoms with Gasteiger partial charge in [0.05, 0.1) is 23.7 Å². The number of halogens is 1. The lowest BCUT2D eigenvalue weighted by Gasteiger charge is -2.45.